The average molecular weight is 408 g/mol. The Morgan fingerprint density at radius 2 is 1.93 bits per heavy atom. The molecular formula is C21H27F2N3OS. The minimum absolute atomic E-state index is 0.285. The summed E-state index contributed by atoms with van der Waals surface area (Å²) in [6.45, 7) is 7.28. The number of halogens is 2. The van der Waals surface area contributed by atoms with E-state index in [2.05, 4.69) is 31.1 Å². The Morgan fingerprint density at radius 3 is 2.50 bits per heavy atom. The molecule has 152 valence electrons. The molecule has 7 heteroatoms. The lowest BCUT2D eigenvalue weighted by atomic mass is 9.70. The number of amides is 2. The van der Waals surface area contributed by atoms with Crippen LogP contribution in [0.1, 0.15) is 46.5 Å². The van der Waals surface area contributed by atoms with E-state index in [0.717, 1.165) is 37.8 Å². The van der Waals surface area contributed by atoms with Gasteiger partial charge in [0.05, 0.1) is 0 Å². The lowest BCUT2D eigenvalue weighted by Gasteiger charge is -2.38. The molecule has 0 aliphatic heterocycles. The third kappa shape index (κ3) is 5.07. The lowest BCUT2D eigenvalue weighted by molar-refractivity contribution is 0.151. The molecule has 1 aliphatic carbocycles. The molecule has 1 aliphatic rings. The Labute approximate surface area is 169 Å². The molecule has 0 bridgehead atoms. The number of nitrogens with one attached hydrogen (secondary N) is 1. The normalized spacial score (nSPS) is 20.0. The van der Waals surface area contributed by atoms with E-state index < -0.39 is 11.6 Å². The number of aromatic nitrogens is 1. The van der Waals surface area contributed by atoms with E-state index in [-0.39, 0.29) is 11.4 Å². The number of nitrogens with zero attached hydrogens (tertiary/aromatic N) is 2. The standard InChI is InChI=1S/C21H27F2N3OS/c1-21(2,3)15-6-4-14(5-7-15)13-26(16-8-9-17(22)18(23)12-16)20(27)25-19-24-10-11-28-19/h8-12,14-15H,4-7,13H2,1-3H3,(H,24,25,27). The minimum atomic E-state index is -0.957. The monoisotopic (exact) mass is 407 g/mol. The summed E-state index contributed by atoms with van der Waals surface area (Å²) in [5.74, 6) is -0.880. The molecule has 2 aromatic rings. The number of urea groups is 1. The second-order valence-electron chi connectivity index (χ2n) is 8.56. The molecule has 1 fully saturated rings. The van der Waals surface area contributed by atoms with Crippen molar-refractivity contribution in [1.29, 1.82) is 0 Å². The summed E-state index contributed by atoms with van der Waals surface area (Å²) in [7, 11) is 0. The van der Waals surface area contributed by atoms with Crippen LogP contribution in [0, 0.1) is 28.9 Å². The molecule has 28 heavy (non-hydrogen) atoms. The van der Waals surface area contributed by atoms with E-state index in [9.17, 15) is 13.6 Å². The fourth-order valence-electron chi connectivity index (χ4n) is 3.87. The van der Waals surface area contributed by atoms with Crippen LogP contribution in [0.5, 0.6) is 0 Å². The van der Waals surface area contributed by atoms with Crippen molar-refractivity contribution in [3.8, 4) is 0 Å². The average Bonchev–Trinajstić information content (AvgIpc) is 3.14. The number of anilines is 2. The van der Waals surface area contributed by atoms with Crippen LogP contribution in [-0.2, 0) is 0 Å². The first-order chi connectivity index (χ1) is 13.2. The summed E-state index contributed by atoms with van der Waals surface area (Å²) in [6.07, 6.45) is 5.89. The minimum Gasteiger partial charge on any atom is -0.294 e. The van der Waals surface area contributed by atoms with Gasteiger partial charge in [0.25, 0.3) is 0 Å². The quantitative estimate of drug-likeness (QED) is 0.645. The van der Waals surface area contributed by atoms with Crippen LogP contribution >= 0.6 is 11.3 Å². The van der Waals surface area contributed by atoms with Gasteiger partial charge < -0.3 is 0 Å². The highest BCUT2D eigenvalue weighted by molar-refractivity contribution is 7.13. The van der Waals surface area contributed by atoms with Crippen LogP contribution in [0.4, 0.5) is 24.4 Å². The summed E-state index contributed by atoms with van der Waals surface area (Å²) in [5, 5.41) is 5.01. The van der Waals surface area contributed by atoms with E-state index in [4.69, 9.17) is 0 Å². The number of benzene rings is 1. The van der Waals surface area contributed by atoms with E-state index >= 15 is 0 Å². The zero-order chi connectivity index (χ0) is 20.3. The molecule has 3 rings (SSSR count). The van der Waals surface area contributed by atoms with Gasteiger partial charge in [-0.2, -0.15) is 0 Å². The van der Waals surface area contributed by atoms with Crippen molar-refractivity contribution in [1.82, 2.24) is 4.98 Å². The van der Waals surface area contributed by atoms with Crippen LogP contribution in [0.3, 0.4) is 0 Å². The maximum absolute atomic E-state index is 13.8. The molecule has 0 saturated heterocycles. The molecule has 1 saturated carbocycles. The second-order valence-corrected chi connectivity index (χ2v) is 9.45. The van der Waals surface area contributed by atoms with Gasteiger partial charge >= 0.3 is 6.03 Å². The van der Waals surface area contributed by atoms with Gasteiger partial charge in [0.2, 0.25) is 0 Å². The molecular weight excluding hydrogens is 380 g/mol. The molecule has 1 aromatic heterocycles. The van der Waals surface area contributed by atoms with Crippen molar-refractivity contribution in [2.24, 2.45) is 17.3 Å². The van der Waals surface area contributed by atoms with Gasteiger partial charge in [0.1, 0.15) is 0 Å². The molecule has 1 aromatic carbocycles. The molecule has 0 atom stereocenters. The van der Waals surface area contributed by atoms with Gasteiger partial charge in [-0.15, -0.1) is 11.3 Å². The Bertz CT molecular complexity index is 796. The van der Waals surface area contributed by atoms with Crippen molar-refractivity contribution in [2.75, 3.05) is 16.8 Å². The van der Waals surface area contributed by atoms with Gasteiger partial charge in [0, 0.05) is 29.9 Å². The number of thiazole rings is 1. The van der Waals surface area contributed by atoms with Crippen LogP contribution in [0.15, 0.2) is 29.8 Å². The summed E-state index contributed by atoms with van der Waals surface area (Å²) < 4.78 is 27.2. The molecule has 0 spiro atoms. The van der Waals surface area contributed by atoms with E-state index in [1.54, 1.807) is 11.6 Å². The van der Waals surface area contributed by atoms with Crippen molar-refractivity contribution in [2.45, 2.75) is 46.5 Å². The molecule has 2 amide bonds. The third-order valence-corrected chi connectivity index (χ3v) is 6.31. The summed E-state index contributed by atoms with van der Waals surface area (Å²) >= 11 is 1.31. The largest absolute Gasteiger partial charge is 0.328 e. The second kappa shape index (κ2) is 8.55. The highest BCUT2D eigenvalue weighted by Crippen LogP contribution is 2.40. The highest BCUT2D eigenvalue weighted by Gasteiger charge is 2.31. The van der Waals surface area contributed by atoms with E-state index in [1.165, 1.54) is 22.3 Å². The van der Waals surface area contributed by atoms with Crippen LogP contribution in [-0.4, -0.2) is 17.6 Å². The maximum Gasteiger partial charge on any atom is 0.328 e. The number of carbonyl (C=O) groups excluding carboxylic acids is 1. The Morgan fingerprint density at radius 1 is 1.21 bits per heavy atom. The fraction of sp³-hybridized carbons (Fsp3) is 0.524. The summed E-state index contributed by atoms with van der Waals surface area (Å²) in [6, 6.07) is 3.21. The maximum atomic E-state index is 13.8. The predicted molar refractivity (Wildman–Crippen MR) is 110 cm³/mol. The van der Waals surface area contributed by atoms with Gasteiger partial charge in [-0.3, -0.25) is 10.2 Å². The Kier molecular flexibility index (Phi) is 6.33. The smallest absolute Gasteiger partial charge is 0.294 e. The topological polar surface area (TPSA) is 45.2 Å². The first kappa shape index (κ1) is 20.7. The van der Waals surface area contributed by atoms with E-state index in [0.29, 0.717) is 29.2 Å². The first-order valence-corrected chi connectivity index (χ1v) is 10.5. The number of carbonyl (C=O) groups is 1. The van der Waals surface area contributed by atoms with Gasteiger partial charge in [-0.1, -0.05) is 20.8 Å². The summed E-state index contributed by atoms with van der Waals surface area (Å²) in [4.78, 5) is 18.4. The predicted octanol–water partition coefficient (Wildman–Crippen LogP) is 6.31. The number of hydrogen-bond donors (Lipinski definition) is 1. The Balaban J connectivity index is 1.74. The number of rotatable bonds is 4. The molecule has 0 radical (unpaired) electrons. The summed E-state index contributed by atoms with van der Waals surface area (Å²) in [5.41, 5.74) is 0.637. The van der Waals surface area contributed by atoms with E-state index in [1.807, 2.05) is 0 Å². The third-order valence-electron chi connectivity index (χ3n) is 5.62. The van der Waals surface area contributed by atoms with Gasteiger partial charge in [-0.05, 0) is 55.1 Å². The lowest BCUT2D eigenvalue weighted by Crippen LogP contribution is -2.40. The highest BCUT2D eigenvalue weighted by atomic mass is 32.1. The zero-order valence-corrected chi connectivity index (χ0v) is 17.4. The fourth-order valence-corrected chi connectivity index (χ4v) is 4.39. The van der Waals surface area contributed by atoms with Crippen molar-refractivity contribution in [3.63, 3.8) is 0 Å². The van der Waals surface area contributed by atoms with Crippen LogP contribution in [0.25, 0.3) is 0 Å². The molecule has 1 heterocycles. The molecule has 4 nitrogen and oxygen atoms in total. The van der Waals surface area contributed by atoms with Gasteiger partial charge in [-0.25, -0.2) is 18.6 Å². The molecule has 0 unspecified atom stereocenters. The van der Waals surface area contributed by atoms with Crippen molar-refractivity contribution >= 4 is 28.2 Å². The van der Waals surface area contributed by atoms with Crippen molar-refractivity contribution in [3.05, 3.63) is 41.4 Å². The van der Waals surface area contributed by atoms with Crippen LogP contribution in [0.2, 0.25) is 0 Å². The SMILES string of the molecule is CC(C)(C)C1CCC(CN(C(=O)Nc2nccs2)c2ccc(F)c(F)c2)CC1. The van der Waals surface area contributed by atoms with Gasteiger partial charge in [0.15, 0.2) is 16.8 Å². The Hall–Kier alpha value is -2.02. The van der Waals surface area contributed by atoms with Crippen molar-refractivity contribution < 1.29 is 13.6 Å². The number of hydrogen-bond acceptors (Lipinski definition) is 3. The zero-order valence-electron chi connectivity index (χ0n) is 16.5. The molecule has 1 N–H and O–H groups in total. The first-order valence-electron chi connectivity index (χ1n) is 9.67. The van der Waals surface area contributed by atoms with Crippen LogP contribution < -0.4 is 10.2 Å².